The van der Waals surface area contributed by atoms with Crippen molar-refractivity contribution in [2.45, 2.75) is 39.3 Å². The van der Waals surface area contributed by atoms with Crippen LogP contribution in [0.3, 0.4) is 0 Å². The van der Waals surface area contributed by atoms with E-state index in [1.54, 1.807) is 11.6 Å². The number of imidazole rings is 1. The summed E-state index contributed by atoms with van der Waals surface area (Å²) in [5.41, 5.74) is 1.24. The molecule has 3 aliphatic carbocycles. The molecule has 0 saturated heterocycles. The standard InChI is InChI=1S/C24H24F3N3O2S/c1-4-33(31,32)21-12-16(24(25,26)27)8-6-9-17(21)22-29-19-11-15(18-13-23(18,2)14-28)7-5-10-20(19)30(22)3/h5,7-9,11-12,18H,4,6,10,13H2,1-3H3. The van der Waals surface area contributed by atoms with E-state index in [4.69, 9.17) is 0 Å². The van der Waals surface area contributed by atoms with Gasteiger partial charge in [0.25, 0.3) is 0 Å². The van der Waals surface area contributed by atoms with Crippen LogP contribution in [0.2, 0.25) is 0 Å². The summed E-state index contributed by atoms with van der Waals surface area (Å²) in [6.07, 6.45) is 5.65. The number of allylic oxidation sites excluding steroid dienone is 8. The molecular weight excluding hydrogens is 451 g/mol. The van der Waals surface area contributed by atoms with Gasteiger partial charge in [0, 0.05) is 30.7 Å². The van der Waals surface area contributed by atoms with Gasteiger partial charge < -0.3 is 4.57 Å². The highest BCUT2D eigenvalue weighted by Crippen LogP contribution is 2.56. The molecular formula is C24H24F3N3O2S. The number of fused-ring (bicyclic) bond motifs is 1. The summed E-state index contributed by atoms with van der Waals surface area (Å²) < 4.78 is 67.8. The van der Waals surface area contributed by atoms with Gasteiger partial charge in [0.15, 0.2) is 9.84 Å². The molecule has 174 valence electrons. The van der Waals surface area contributed by atoms with E-state index in [0.29, 0.717) is 17.9 Å². The van der Waals surface area contributed by atoms with E-state index >= 15 is 0 Å². The third kappa shape index (κ3) is 4.12. The van der Waals surface area contributed by atoms with Crippen molar-refractivity contribution in [2.75, 3.05) is 5.75 Å². The second kappa shape index (κ2) is 7.87. The van der Waals surface area contributed by atoms with Crippen LogP contribution in [-0.4, -0.2) is 29.9 Å². The van der Waals surface area contributed by atoms with Crippen LogP contribution in [0.5, 0.6) is 0 Å². The second-order valence-electron chi connectivity index (χ2n) is 8.79. The monoisotopic (exact) mass is 475 g/mol. The zero-order valence-corrected chi connectivity index (χ0v) is 19.4. The predicted molar refractivity (Wildman–Crippen MR) is 120 cm³/mol. The zero-order chi connectivity index (χ0) is 24.2. The minimum atomic E-state index is -4.66. The lowest BCUT2D eigenvalue weighted by atomic mass is 10.0. The molecule has 9 heteroatoms. The molecule has 0 aliphatic heterocycles. The Morgan fingerprint density at radius 1 is 1.30 bits per heavy atom. The van der Waals surface area contributed by atoms with Crippen molar-refractivity contribution in [3.63, 3.8) is 0 Å². The summed E-state index contributed by atoms with van der Waals surface area (Å²) in [4.78, 5) is 4.31. The Balaban J connectivity index is 1.82. The number of nitriles is 1. The normalized spacial score (nSPS) is 25.1. The number of sulfone groups is 1. The first kappa shape index (κ1) is 23.3. The Bertz CT molecular complexity index is 1320. The molecule has 1 aromatic heterocycles. The summed E-state index contributed by atoms with van der Waals surface area (Å²) in [7, 11) is -2.22. The fraction of sp³-hybridized carbons (Fsp3) is 0.417. The van der Waals surface area contributed by atoms with Crippen LogP contribution in [0.25, 0.3) is 11.6 Å². The largest absolute Gasteiger partial charge is 0.416 e. The van der Waals surface area contributed by atoms with Gasteiger partial charge in [0.2, 0.25) is 0 Å². The Morgan fingerprint density at radius 3 is 2.64 bits per heavy atom. The van der Waals surface area contributed by atoms with Gasteiger partial charge in [-0.05, 0) is 37.5 Å². The number of aromatic nitrogens is 2. The van der Waals surface area contributed by atoms with Gasteiger partial charge in [-0.15, -0.1) is 0 Å². The smallest absolute Gasteiger partial charge is 0.330 e. The van der Waals surface area contributed by atoms with E-state index < -0.39 is 27.0 Å². The highest BCUT2D eigenvalue weighted by molar-refractivity contribution is 7.95. The lowest BCUT2D eigenvalue weighted by molar-refractivity contribution is -0.0883. The number of halogens is 3. The van der Waals surface area contributed by atoms with Gasteiger partial charge in [-0.2, -0.15) is 18.4 Å². The first-order valence-corrected chi connectivity index (χ1v) is 12.3. The average molecular weight is 476 g/mol. The Hall–Kier alpha value is -2.86. The average Bonchev–Trinajstić information content (AvgIpc) is 3.46. The molecule has 0 bridgehead atoms. The molecule has 1 fully saturated rings. The van der Waals surface area contributed by atoms with Gasteiger partial charge >= 0.3 is 6.18 Å². The van der Waals surface area contributed by atoms with Crippen molar-refractivity contribution in [2.24, 2.45) is 18.4 Å². The van der Waals surface area contributed by atoms with Gasteiger partial charge in [-0.1, -0.05) is 31.2 Å². The molecule has 0 radical (unpaired) electrons. The Morgan fingerprint density at radius 2 is 2.03 bits per heavy atom. The van der Waals surface area contributed by atoms with Crippen molar-refractivity contribution >= 4 is 21.5 Å². The van der Waals surface area contributed by atoms with Crippen LogP contribution in [-0.2, 0) is 23.3 Å². The topological polar surface area (TPSA) is 75.8 Å². The molecule has 1 aromatic rings. The molecule has 1 heterocycles. The van der Waals surface area contributed by atoms with Crippen LogP contribution in [0.4, 0.5) is 13.2 Å². The van der Waals surface area contributed by atoms with Gasteiger partial charge in [-0.3, -0.25) is 0 Å². The number of nitrogens with zero attached hydrogens (tertiary/aromatic N) is 3. The minimum Gasteiger partial charge on any atom is -0.330 e. The molecule has 3 aliphatic rings. The number of rotatable bonds is 4. The highest BCUT2D eigenvalue weighted by Gasteiger charge is 2.52. The number of hydrogen-bond acceptors (Lipinski definition) is 4. The number of alkyl halides is 3. The first-order chi connectivity index (χ1) is 15.4. The molecule has 5 nitrogen and oxygen atoms in total. The first-order valence-electron chi connectivity index (χ1n) is 10.7. The van der Waals surface area contributed by atoms with E-state index in [9.17, 15) is 26.9 Å². The van der Waals surface area contributed by atoms with E-state index in [1.165, 1.54) is 13.0 Å². The van der Waals surface area contributed by atoms with Crippen LogP contribution in [0, 0.1) is 22.7 Å². The molecule has 0 amide bonds. The van der Waals surface area contributed by atoms with E-state index in [-0.39, 0.29) is 28.6 Å². The molecule has 0 aromatic carbocycles. The molecule has 0 N–H and O–H groups in total. The fourth-order valence-corrected chi connectivity index (χ4v) is 5.48. The third-order valence-electron chi connectivity index (χ3n) is 6.56. The Labute approximate surface area is 191 Å². The van der Waals surface area contributed by atoms with E-state index in [0.717, 1.165) is 29.8 Å². The predicted octanol–water partition coefficient (Wildman–Crippen LogP) is 5.06. The molecule has 2 atom stereocenters. The molecule has 4 rings (SSSR count). The number of hydrogen-bond donors (Lipinski definition) is 0. The molecule has 2 unspecified atom stereocenters. The summed E-state index contributed by atoms with van der Waals surface area (Å²) >= 11 is 0. The van der Waals surface area contributed by atoms with Crippen molar-refractivity contribution in [1.29, 1.82) is 5.26 Å². The Kier molecular flexibility index (Phi) is 5.56. The third-order valence-corrected chi connectivity index (χ3v) is 8.33. The maximum Gasteiger partial charge on any atom is 0.416 e. The maximum absolute atomic E-state index is 13.5. The summed E-state index contributed by atoms with van der Waals surface area (Å²) in [5.74, 6) is 0.0821. The van der Waals surface area contributed by atoms with Crippen LogP contribution < -0.4 is 0 Å². The van der Waals surface area contributed by atoms with Crippen LogP contribution in [0.15, 0.2) is 46.4 Å². The van der Waals surface area contributed by atoms with Crippen molar-refractivity contribution in [3.8, 4) is 6.07 Å². The summed E-state index contributed by atoms with van der Waals surface area (Å²) in [6, 6.07) is 2.35. The van der Waals surface area contributed by atoms with Crippen LogP contribution >= 0.6 is 0 Å². The van der Waals surface area contributed by atoms with Crippen molar-refractivity contribution in [3.05, 3.63) is 63.6 Å². The zero-order valence-electron chi connectivity index (χ0n) is 18.6. The summed E-state index contributed by atoms with van der Waals surface area (Å²) in [6.45, 7) is 3.32. The van der Waals surface area contributed by atoms with E-state index in [1.807, 2.05) is 25.2 Å². The fourth-order valence-electron chi connectivity index (χ4n) is 4.35. The molecule has 33 heavy (non-hydrogen) atoms. The minimum absolute atomic E-state index is 0.0650. The summed E-state index contributed by atoms with van der Waals surface area (Å²) in [5, 5.41) is 9.41. The SMILES string of the molecule is CCS(=O)(=O)C1=CC(C(F)(F)F)=CCC=C1c1nc2c(n1C)CC=CC(C1CC1(C)C#N)=C2. The van der Waals surface area contributed by atoms with Gasteiger partial charge in [-0.25, -0.2) is 13.4 Å². The van der Waals surface area contributed by atoms with Gasteiger partial charge in [0.1, 0.15) is 5.82 Å². The lowest BCUT2D eigenvalue weighted by Crippen LogP contribution is -2.14. The van der Waals surface area contributed by atoms with Crippen LogP contribution in [0.1, 0.15) is 43.9 Å². The lowest BCUT2D eigenvalue weighted by Gasteiger charge is -2.14. The highest BCUT2D eigenvalue weighted by atomic mass is 32.2. The van der Waals surface area contributed by atoms with E-state index in [2.05, 4.69) is 11.1 Å². The van der Waals surface area contributed by atoms with Crippen molar-refractivity contribution in [1.82, 2.24) is 9.55 Å². The second-order valence-corrected chi connectivity index (χ2v) is 11.0. The van der Waals surface area contributed by atoms with Crippen molar-refractivity contribution < 1.29 is 21.6 Å². The molecule has 1 saturated carbocycles. The molecule has 0 spiro atoms. The maximum atomic E-state index is 13.5. The van der Waals surface area contributed by atoms with Gasteiger partial charge in [0.05, 0.1) is 33.4 Å². The quantitative estimate of drug-likeness (QED) is 0.610.